The SMILES string of the molecule is [CH2]CCc1cccc(OCCCCC(=O)O)c1. The second-order valence-electron chi connectivity index (χ2n) is 3.95. The number of rotatable bonds is 8. The number of benzene rings is 1. The fourth-order valence-corrected chi connectivity index (χ4v) is 1.56. The molecule has 17 heavy (non-hydrogen) atoms. The van der Waals surface area contributed by atoms with Crippen molar-refractivity contribution in [2.24, 2.45) is 0 Å². The summed E-state index contributed by atoms with van der Waals surface area (Å²) in [5.41, 5.74) is 1.23. The van der Waals surface area contributed by atoms with E-state index in [-0.39, 0.29) is 6.42 Å². The van der Waals surface area contributed by atoms with Crippen LogP contribution in [0.3, 0.4) is 0 Å². The van der Waals surface area contributed by atoms with E-state index in [1.165, 1.54) is 5.56 Å². The van der Waals surface area contributed by atoms with E-state index in [2.05, 4.69) is 13.0 Å². The van der Waals surface area contributed by atoms with Crippen molar-refractivity contribution in [3.8, 4) is 5.75 Å². The van der Waals surface area contributed by atoms with Crippen LogP contribution in [0.5, 0.6) is 5.75 Å². The molecule has 1 aromatic rings. The van der Waals surface area contributed by atoms with Crippen molar-refractivity contribution < 1.29 is 14.6 Å². The zero-order valence-corrected chi connectivity index (χ0v) is 10.0. The van der Waals surface area contributed by atoms with Crippen molar-refractivity contribution in [2.75, 3.05) is 6.61 Å². The maximum atomic E-state index is 10.3. The number of ether oxygens (including phenoxy) is 1. The number of aliphatic carboxylic acids is 1. The van der Waals surface area contributed by atoms with Crippen LogP contribution in [0.2, 0.25) is 0 Å². The molecular weight excluding hydrogens is 216 g/mol. The maximum absolute atomic E-state index is 10.3. The summed E-state index contributed by atoms with van der Waals surface area (Å²) >= 11 is 0. The number of carbonyl (C=O) groups is 1. The van der Waals surface area contributed by atoms with Crippen molar-refractivity contribution in [1.82, 2.24) is 0 Å². The molecule has 0 spiro atoms. The molecule has 1 radical (unpaired) electrons. The van der Waals surface area contributed by atoms with Gasteiger partial charge in [-0.3, -0.25) is 4.79 Å². The quantitative estimate of drug-likeness (QED) is 0.704. The van der Waals surface area contributed by atoms with Gasteiger partial charge in [-0.15, -0.1) is 0 Å². The lowest BCUT2D eigenvalue weighted by atomic mass is 10.1. The van der Waals surface area contributed by atoms with E-state index in [4.69, 9.17) is 9.84 Å². The average molecular weight is 235 g/mol. The second-order valence-corrected chi connectivity index (χ2v) is 3.95. The molecule has 0 atom stereocenters. The van der Waals surface area contributed by atoms with Crippen LogP contribution in [0, 0.1) is 6.92 Å². The minimum Gasteiger partial charge on any atom is -0.494 e. The third kappa shape index (κ3) is 5.95. The molecule has 3 heteroatoms. The Morgan fingerprint density at radius 2 is 2.18 bits per heavy atom. The number of hydrogen-bond acceptors (Lipinski definition) is 2. The molecule has 1 N–H and O–H groups in total. The predicted molar refractivity (Wildman–Crippen MR) is 67.1 cm³/mol. The molecule has 93 valence electrons. The summed E-state index contributed by atoms with van der Waals surface area (Å²) in [6.45, 7) is 4.39. The first kappa shape index (κ1) is 13.6. The number of unbranched alkanes of at least 4 members (excludes halogenated alkanes) is 1. The molecule has 0 aromatic heterocycles. The van der Waals surface area contributed by atoms with E-state index in [9.17, 15) is 4.79 Å². The van der Waals surface area contributed by atoms with Gasteiger partial charge in [0.15, 0.2) is 0 Å². The lowest BCUT2D eigenvalue weighted by Gasteiger charge is -2.07. The highest BCUT2D eigenvalue weighted by Crippen LogP contribution is 2.15. The molecule has 0 fully saturated rings. The molecule has 1 aromatic carbocycles. The third-order valence-corrected chi connectivity index (χ3v) is 2.42. The molecule has 0 unspecified atom stereocenters. The molecule has 0 aliphatic rings. The highest BCUT2D eigenvalue weighted by Gasteiger charge is 1.98. The summed E-state index contributed by atoms with van der Waals surface area (Å²) in [6, 6.07) is 7.96. The lowest BCUT2D eigenvalue weighted by Crippen LogP contribution is -2.00. The van der Waals surface area contributed by atoms with Gasteiger partial charge < -0.3 is 9.84 Å². The van der Waals surface area contributed by atoms with E-state index >= 15 is 0 Å². The van der Waals surface area contributed by atoms with Crippen LogP contribution < -0.4 is 4.74 Å². The second kappa shape index (κ2) is 7.71. The largest absolute Gasteiger partial charge is 0.494 e. The number of hydrogen-bond donors (Lipinski definition) is 1. The number of aryl methyl sites for hydroxylation is 1. The predicted octanol–water partition coefficient (Wildman–Crippen LogP) is 3.09. The van der Waals surface area contributed by atoms with Gasteiger partial charge in [0.05, 0.1) is 6.61 Å². The highest BCUT2D eigenvalue weighted by atomic mass is 16.5. The Hall–Kier alpha value is -1.51. The fraction of sp³-hybridized carbons (Fsp3) is 0.429. The van der Waals surface area contributed by atoms with Gasteiger partial charge in [-0.2, -0.15) is 0 Å². The normalized spacial score (nSPS) is 10.2. The van der Waals surface area contributed by atoms with E-state index < -0.39 is 5.97 Å². The molecule has 0 heterocycles. The Kier molecular flexibility index (Phi) is 6.15. The van der Waals surface area contributed by atoms with Crippen LogP contribution >= 0.6 is 0 Å². The summed E-state index contributed by atoms with van der Waals surface area (Å²) in [6.07, 6.45) is 3.48. The van der Waals surface area contributed by atoms with Crippen molar-refractivity contribution in [1.29, 1.82) is 0 Å². The van der Waals surface area contributed by atoms with Crippen LogP contribution in [-0.4, -0.2) is 17.7 Å². The van der Waals surface area contributed by atoms with Gasteiger partial charge in [0, 0.05) is 6.42 Å². The lowest BCUT2D eigenvalue weighted by molar-refractivity contribution is -0.137. The van der Waals surface area contributed by atoms with Gasteiger partial charge in [-0.1, -0.05) is 19.1 Å². The Morgan fingerprint density at radius 3 is 2.88 bits per heavy atom. The standard InChI is InChI=1S/C14H19O3/c1-2-6-12-7-5-8-13(11-12)17-10-4-3-9-14(15)16/h5,7-8,11H,1-4,6,9-10H2,(H,15,16). The van der Waals surface area contributed by atoms with Crippen LogP contribution in [0.15, 0.2) is 24.3 Å². The van der Waals surface area contributed by atoms with Crippen LogP contribution in [0.4, 0.5) is 0 Å². The summed E-state index contributed by atoms with van der Waals surface area (Å²) in [5, 5.41) is 8.48. The molecular formula is C14H19O3. The summed E-state index contributed by atoms with van der Waals surface area (Å²) < 4.78 is 5.56. The third-order valence-electron chi connectivity index (χ3n) is 2.42. The van der Waals surface area contributed by atoms with Gasteiger partial charge >= 0.3 is 5.97 Å². The van der Waals surface area contributed by atoms with Crippen molar-refractivity contribution in [2.45, 2.75) is 32.1 Å². The number of carboxylic acid groups (broad SMARTS) is 1. The van der Waals surface area contributed by atoms with E-state index in [0.717, 1.165) is 25.0 Å². The molecule has 3 nitrogen and oxygen atoms in total. The topological polar surface area (TPSA) is 46.5 Å². The van der Waals surface area contributed by atoms with Crippen molar-refractivity contribution in [3.05, 3.63) is 36.8 Å². The van der Waals surface area contributed by atoms with Crippen molar-refractivity contribution in [3.63, 3.8) is 0 Å². The van der Waals surface area contributed by atoms with E-state index in [1.54, 1.807) is 0 Å². The summed E-state index contributed by atoms with van der Waals surface area (Å²) in [5.74, 6) is 0.105. The highest BCUT2D eigenvalue weighted by molar-refractivity contribution is 5.66. The van der Waals surface area contributed by atoms with E-state index in [0.29, 0.717) is 13.0 Å². The smallest absolute Gasteiger partial charge is 0.303 e. The summed E-state index contributed by atoms with van der Waals surface area (Å²) in [7, 11) is 0. The first-order valence-corrected chi connectivity index (χ1v) is 5.95. The molecule has 0 aliphatic carbocycles. The molecule has 1 rings (SSSR count). The zero-order chi connectivity index (χ0) is 12.5. The average Bonchev–Trinajstić information content (AvgIpc) is 2.29. The molecule has 0 amide bonds. The Balaban J connectivity index is 2.26. The Bertz CT molecular complexity index is 347. The van der Waals surface area contributed by atoms with Gasteiger partial charge in [0.25, 0.3) is 0 Å². The summed E-state index contributed by atoms with van der Waals surface area (Å²) in [4.78, 5) is 10.3. The first-order valence-electron chi connectivity index (χ1n) is 5.95. The van der Waals surface area contributed by atoms with Crippen LogP contribution in [-0.2, 0) is 11.2 Å². The van der Waals surface area contributed by atoms with Gasteiger partial charge in [0.1, 0.15) is 5.75 Å². The zero-order valence-electron chi connectivity index (χ0n) is 10.0. The van der Waals surface area contributed by atoms with E-state index in [1.807, 2.05) is 18.2 Å². The molecule has 0 bridgehead atoms. The van der Waals surface area contributed by atoms with Crippen molar-refractivity contribution >= 4 is 5.97 Å². The van der Waals surface area contributed by atoms with Crippen LogP contribution in [0.1, 0.15) is 31.2 Å². The minimum absolute atomic E-state index is 0.213. The van der Waals surface area contributed by atoms with Gasteiger partial charge in [-0.05, 0) is 43.4 Å². The monoisotopic (exact) mass is 235 g/mol. The Labute approximate surface area is 102 Å². The molecule has 0 saturated heterocycles. The molecule has 0 aliphatic heterocycles. The fourth-order valence-electron chi connectivity index (χ4n) is 1.56. The number of carboxylic acids is 1. The maximum Gasteiger partial charge on any atom is 0.303 e. The van der Waals surface area contributed by atoms with Crippen LogP contribution in [0.25, 0.3) is 0 Å². The first-order chi connectivity index (χ1) is 8.22. The Morgan fingerprint density at radius 1 is 1.35 bits per heavy atom. The van der Waals surface area contributed by atoms with Gasteiger partial charge in [-0.25, -0.2) is 0 Å². The molecule has 0 saturated carbocycles. The minimum atomic E-state index is -0.748. The van der Waals surface area contributed by atoms with Gasteiger partial charge in [0.2, 0.25) is 0 Å².